The Bertz CT molecular complexity index is 573. The fourth-order valence-electron chi connectivity index (χ4n) is 2.03. The number of pyridine rings is 1. The van der Waals surface area contributed by atoms with E-state index in [1.165, 1.54) is 6.07 Å². The molecule has 2 rings (SSSR count). The van der Waals surface area contributed by atoms with E-state index in [1.807, 2.05) is 31.2 Å². The highest BCUT2D eigenvalue weighted by Gasteiger charge is 2.15. The van der Waals surface area contributed by atoms with Crippen molar-refractivity contribution in [1.29, 1.82) is 0 Å². The molecule has 0 fully saturated rings. The highest BCUT2D eigenvalue weighted by molar-refractivity contribution is 9.10. The SMILES string of the molecule is CCNC(Cc1ccc(Br)cc1F)c1ccc(Br)cn1. The molecule has 1 aromatic carbocycles. The average Bonchev–Trinajstić information content (AvgIpc) is 2.42. The Labute approximate surface area is 135 Å². The molecule has 0 saturated heterocycles. The Balaban J connectivity index is 2.22. The molecule has 0 aliphatic carbocycles. The monoisotopic (exact) mass is 400 g/mol. The van der Waals surface area contributed by atoms with Crippen molar-refractivity contribution in [3.8, 4) is 0 Å². The standard InChI is InChI=1S/C15H15Br2FN2/c1-2-19-15(14-6-5-12(17)9-20-14)7-10-3-4-11(16)8-13(10)18/h3-6,8-9,15,19H,2,7H2,1H3. The first-order chi connectivity index (χ1) is 9.60. The maximum Gasteiger partial charge on any atom is 0.127 e. The summed E-state index contributed by atoms with van der Waals surface area (Å²) in [4.78, 5) is 4.40. The largest absolute Gasteiger partial charge is 0.309 e. The van der Waals surface area contributed by atoms with Crippen LogP contribution in [0.15, 0.2) is 45.5 Å². The van der Waals surface area contributed by atoms with Gasteiger partial charge in [0.05, 0.1) is 11.7 Å². The molecule has 0 aliphatic rings. The molecule has 0 saturated carbocycles. The van der Waals surface area contributed by atoms with Crippen LogP contribution in [0.25, 0.3) is 0 Å². The van der Waals surface area contributed by atoms with Gasteiger partial charge in [-0.05, 0) is 58.7 Å². The fraction of sp³-hybridized carbons (Fsp3) is 0.267. The van der Waals surface area contributed by atoms with E-state index < -0.39 is 0 Å². The third kappa shape index (κ3) is 4.11. The average molecular weight is 402 g/mol. The van der Waals surface area contributed by atoms with Crippen LogP contribution in [-0.2, 0) is 6.42 Å². The maximum absolute atomic E-state index is 13.9. The highest BCUT2D eigenvalue weighted by atomic mass is 79.9. The van der Waals surface area contributed by atoms with E-state index in [2.05, 4.69) is 42.2 Å². The first kappa shape index (κ1) is 15.6. The van der Waals surface area contributed by atoms with Crippen LogP contribution in [0.2, 0.25) is 0 Å². The Kier molecular flexibility index (Phi) is 5.69. The minimum Gasteiger partial charge on any atom is -0.309 e. The van der Waals surface area contributed by atoms with Crippen LogP contribution in [0.4, 0.5) is 4.39 Å². The molecule has 1 heterocycles. The Morgan fingerprint density at radius 1 is 1.20 bits per heavy atom. The van der Waals surface area contributed by atoms with Crippen molar-refractivity contribution in [2.45, 2.75) is 19.4 Å². The summed E-state index contributed by atoms with van der Waals surface area (Å²) in [5.41, 5.74) is 1.60. The molecular formula is C15H15Br2FN2. The molecule has 2 aromatic rings. The summed E-state index contributed by atoms with van der Waals surface area (Å²) < 4.78 is 15.6. The summed E-state index contributed by atoms with van der Waals surface area (Å²) in [5, 5.41) is 3.35. The number of hydrogen-bond acceptors (Lipinski definition) is 2. The lowest BCUT2D eigenvalue weighted by atomic mass is 10.0. The van der Waals surface area contributed by atoms with Gasteiger partial charge in [-0.15, -0.1) is 0 Å². The van der Waals surface area contributed by atoms with Gasteiger partial charge in [-0.25, -0.2) is 4.39 Å². The predicted molar refractivity (Wildman–Crippen MR) is 86.2 cm³/mol. The van der Waals surface area contributed by atoms with Crippen LogP contribution in [0.5, 0.6) is 0 Å². The number of nitrogens with zero attached hydrogens (tertiary/aromatic N) is 1. The van der Waals surface area contributed by atoms with Crippen molar-refractivity contribution >= 4 is 31.9 Å². The van der Waals surface area contributed by atoms with Gasteiger partial charge in [0.25, 0.3) is 0 Å². The van der Waals surface area contributed by atoms with Crippen LogP contribution < -0.4 is 5.32 Å². The molecular weight excluding hydrogens is 387 g/mol. The number of rotatable bonds is 5. The van der Waals surface area contributed by atoms with Gasteiger partial charge in [-0.2, -0.15) is 0 Å². The van der Waals surface area contributed by atoms with Crippen molar-refractivity contribution in [3.63, 3.8) is 0 Å². The number of benzene rings is 1. The molecule has 1 unspecified atom stereocenters. The van der Waals surface area contributed by atoms with Gasteiger partial charge in [-0.3, -0.25) is 4.98 Å². The summed E-state index contributed by atoms with van der Waals surface area (Å²) in [5.74, 6) is -0.195. The van der Waals surface area contributed by atoms with Crippen LogP contribution in [-0.4, -0.2) is 11.5 Å². The van der Waals surface area contributed by atoms with E-state index in [0.717, 1.165) is 21.2 Å². The zero-order valence-corrected chi connectivity index (χ0v) is 14.2. The lowest BCUT2D eigenvalue weighted by Crippen LogP contribution is -2.24. The molecule has 1 atom stereocenters. The molecule has 0 aliphatic heterocycles. The summed E-state index contributed by atoms with van der Waals surface area (Å²) in [7, 11) is 0. The smallest absolute Gasteiger partial charge is 0.127 e. The molecule has 0 bridgehead atoms. The summed E-state index contributed by atoms with van der Waals surface area (Å²) in [6.45, 7) is 2.84. The normalized spacial score (nSPS) is 12.4. The number of halogens is 3. The highest BCUT2D eigenvalue weighted by Crippen LogP contribution is 2.22. The molecule has 0 amide bonds. The molecule has 2 nitrogen and oxygen atoms in total. The molecule has 0 spiro atoms. The topological polar surface area (TPSA) is 24.9 Å². The summed E-state index contributed by atoms with van der Waals surface area (Å²) in [6, 6.07) is 9.06. The van der Waals surface area contributed by atoms with E-state index in [9.17, 15) is 4.39 Å². The van der Waals surface area contributed by atoms with Gasteiger partial charge in [-0.1, -0.05) is 28.9 Å². The maximum atomic E-state index is 13.9. The van der Waals surface area contributed by atoms with Gasteiger partial charge < -0.3 is 5.32 Å². The second-order valence-electron chi connectivity index (χ2n) is 4.45. The van der Waals surface area contributed by atoms with Crippen LogP contribution in [0.3, 0.4) is 0 Å². The molecule has 1 aromatic heterocycles. The first-order valence-electron chi connectivity index (χ1n) is 6.39. The first-order valence-corrected chi connectivity index (χ1v) is 7.97. The van der Waals surface area contributed by atoms with Crippen molar-refractivity contribution in [2.24, 2.45) is 0 Å². The summed E-state index contributed by atoms with van der Waals surface area (Å²) in [6.07, 6.45) is 2.33. The van der Waals surface area contributed by atoms with Crippen molar-refractivity contribution in [1.82, 2.24) is 10.3 Å². The van der Waals surface area contributed by atoms with Gasteiger partial charge >= 0.3 is 0 Å². The number of likely N-dealkylation sites (N-methyl/N-ethyl adjacent to an activating group) is 1. The van der Waals surface area contributed by atoms with Crippen molar-refractivity contribution in [2.75, 3.05) is 6.54 Å². The number of hydrogen-bond donors (Lipinski definition) is 1. The Morgan fingerprint density at radius 3 is 2.55 bits per heavy atom. The molecule has 1 N–H and O–H groups in total. The number of aromatic nitrogens is 1. The molecule has 20 heavy (non-hydrogen) atoms. The lowest BCUT2D eigenvalue weighted by Gasteiger charge is -2.18. The van der Waals surface area contributed by atoms with E-state index >= 15 is 0 Å². The molecule has 106 valence electrons. The summed E-state index contributed by atoms with van der Waals surface area (Å²) >= 11 is 6.64. The minimum absolute atomic E-state index is 0.00350. The fourth-order valence-corrected chi connectivity index (χ4v) is 2.60. The van der Waals surface area contributed by atoms with Crippen molar-refractivity contribution in [3.05, 3.63) is 62.5 Å². The molecule has 0 radical (unpaired) electrons. The third-order valence-corrected chi connectivity index (χ3v) is 3.96. The van der Waals surface area contributed by atoms with Gasteiger partial charge in [0.15, 0.2) is 0 Å². The Morgan fingerprint density at radius 2 is 1.95 bits per heavy atom. The van der Waals surface area contributed by atoms with Crippen LogP contribution in [0.1, 0.15) is 24.2 Å². The zero-order chi connectivity index (χ0) is 14.5. The van der Waals surface area contributed by atoms with E-state index in [4.69, 9.17) is 0 Å². The van der Waals surface area contributed by atoms with Gasteiger partial charge in [0.2, 0.25) is 0 Å². The Hall–Kier alpha value is -0.780. The van der Waals surface area contributed by atoms with E-state index in [0.29, 0.717) is 12.0 Å². The predicted octanol–water partition coefficient (Wildman–Crippen LogP) is 4.64. The van der Waals surface area contributed by atoms with Gasteiger partial charge in [0.1, 0.15) is 5.82 Å². The lowest BCUT2D eigenvalue weighted by molar-refractivity contribution is 0.517. The van der Waals surface area contributed by atoms with Crippen LogP contribution in [0, 0.1) is 5.82 Å². The van der Waals surface area contributed by atoms with Crippen molar-refractivity contribution < 1.29 is 4.39 Å². The molecule has 5 heteroatoms. The van der Waals surface area contributed by atoms with E-state index in [1.54, 1.807) is 6.20 Å². The second-order valence-corrected chi connectivity index (χ2v) is 6.28. The minimum atomic E-state index is -0.195. The zero-order valence-electron chi connectivity index (χ0n) is 11.0. The number of nitrogens with one attached hydrogen (secondary N) is 1. The van der Waals surface area contributed by atoms with Gasteiger partial charge in [0, 0.05) is 15.1 Å². The second kappa shape index (κ2) is 7.29. The third-order valence-electron chi connectivity index (χ3n) is 3.00. The van der Waals surface area contributed by atoms with Crippen LogP contribution >= 0.6 is 31.9 Å². The van der Waals surface area contributed by atoms with E-state index in [-0.39, 0.29) is 11.9 Å². The quantitative estimate of drug-likeness (QED) is 0.789.